The molecule has 3 N–H and O–H groups in total. The van der Waals surface area contributed by atoms with Gasteiger partial charge in [0.1, 0.15) is 5.75 Å². The fourth-order valence-electron chi connectivity index (χ4n) is 1.74. The van der Waals surface area contributed by atoms with Gasteiger partial charge in [-0.05, 0) is 18.4 Å². The second kappa shape index (κ2) is 8.29. The van der Waals surface area contributed by atoms with Crippen LogP contribution in [0, 0.1) is 12.3 Å². The first-order chi connectivity index (χ1) is 9.61. The predicted octanol–water partition coefficient (Wildman–Crippen LogP) is 3.01. The van der Waals surface area contributed by atoms with Crippen LogP contribution in [-0.2, 0) is 11.3 Å². The zero-order valence-corrected chi connectivity index (χ0v) is 14.0. The molecular weight excluding hydrogens is 314 g/mol. The number of rotatable bonds is 5. The van der Waals surface area contributed by atoms with Gasteiger partial charge in [-0.25, -0.2) is 0 Å². The van der Waals surface area contributed by atoms with Gasteiger partial charge in [0.25, 0.3) is 0 Å². The molecule has 1 aromatic rings. The number of nitrogens with two attached hydrogens (primary N) is 1. The van der Waals surface area contributed by atoms with E-state index < -0.39 is 12.7 Å². The van der Waals surface area contributed by atoms with Crippen molar-refractivity contribution < 1.29 is 18.3 Å². The van der Waals surface area contributed by atoms with Gasteiger partial charge < -0.3 is 15.8 Å². The molecule has 0 saturated heterocycles. The summed E-state index contributed by atoms with van der Waals surface area (Å²) in [5, 5.41) is 2.66. The third-order valence-corrected chi connectivity index (χ3v) is 3.10. The topological polar surface area (TPSA) is 64.3 Å². The maximum Gasteiger partial charge on any atom is 0.387 e. The summed E-state index contributed by atoms with van der Waals surface area (Å²) in [5.41, 5.74) is 6.85. The Bertz CT molecular complexity index is 505. The summed E-state index contributed by atoms with van der Waals surface area (Å²) < 4.78 is 29.2. The van der Waals surface area contributed by atoms with E-state index in [9.17, 15) is 13.6 Å². The van der Waals surface area contributed by atoms with Crippen LogP contribution >= 0.6 is 12.4 Å². The number of carbonyl (C=O) groups is 1. The molecule has 1 amide bonds. The average Bonchev–Trinajstić information content (AvgIpc) is 2.36. The summed E-state index contributed by atoms with van der Waals surface area (Å²) in [4.78, 5) is 12.0. The van der Waals surface area contributed by atoms with E-state index in [0.29, 0.717) is 5.56 Å². The van der Waals surface area contributed by atoms with E-state index in [1.165, 1.54) is 6.07 Å². The summed E-state index contributed by atoms with van der Waals surface area (Å²) in [6, 6.07) is 4.15. The number of hydrogen-bond donors (Lipinski definition) is 2. The molecule has 0 aliphatic carbocycles. The highest BCUT2D eigenvalue weighted by Crippen LogP contribution is 2.22. The van der Waals surface area contributed by atoms with E-state index in [1.807, 2.05) is 27.7 Å². The summed E-state index contributed by atoms with van der Waals surface area (Å²) >= 11 is 0. The highest BCUT2D eigenvalue weighted by atomic mass is 35.5. The van der Waals surface area contributed by atoms with Crippen molar-refractivity contribution in [2.75, 3.05) is 0 Å². The minimum atomic E-state index is -2.90. The van der Waals surface area contributed by atoms with Crippen LogP contribution < -0.4 is 15.8 Å². The molecule has 0 aromatic heterocycles. The quantitative estimate of drug-likeness (QED) is 0.868. The largest absolute Gasteiger partial charge is 0.434 e. The summed E-state index contributed by atoms with van der Waals surface area (Å²) in [6.45, 7) is 4.59. The number of benzene rings is 1. The molecule has 1 rings (SSSR count). The number of aryl methyl sites for hydroxylation is 1. The lowest BCUT2D eigenvalue weighted by molar-refractivity contribution is -0.124. The molecular formula is C15H23ClF2N2O2. The van der Waals surface area contributed by atoms with Crippen molar-refractivity contribution in [1.82, 2.24) is 5.32 Å². The van der Waals surface area contributed by atoms with Crippen LogP contribution in [0.2, 0.25) is 0 Å². The summed E-state index contributed by atoms with van der Waals surface area (Å²) in [6.07, 6.45) is 0. The van der Waals surface area contributed by atoms with Gasteiger partial charge in [0.05, 0.1) is 6.04 Å². The smallest absolute Gasteiger partial charge is 0.387 e. The van der Waals surface area contributed by atoms with Crippen LogP contribution in [0.1, 0.15) is 31.9 Å². The summed E-state index contributed by atoms with van der Waals surface area (Å²) in [5.74, 6) is -0.271. The van der Waals surface area contributed by atoms with Gasteiger partial charge in [-0.15, -0.1) is 12.4 Å². The Morgan fingerprint density at radius 1 is 1.36 bits per heavy atom. The van der Waals surface area contributed by atoms with Gasteiger partial charge in [0, 0.05) is 12.1 Å². The molecule has 0 unspecified atom stereocenters. The first-order valence-electron chi connectivity index (χ1n) is 6.69. The minimum absolute atomic E-state index is 0. The zero-order chi connectivity index (χ0) is 16.2. The van der Waals surface area contributed by atoms with Gasteiger partial charge in [-0.2, -0.15) is 8.78 Å². The minimum Gasteiger partial charge on any atom is -0.434 e. The molecule has 0 aliphatic rings. The molecule has 0 radical (unpaired) electrons. The van der Waals surface area contributed by atoms with Gasteiger partial charge >= 0.3 is 6.61 Å². The van der Waals surface area contributed by atoms with Crippen LogP contribution in [0.3, 0.4) is 0 Å². The standard InChI is InChI=1S/C15H22F2N2O2.ClH/c1-9-5-6-11(21-14(16)17)10(7-9)8-19-13(20)12(18)15(2,3)4;/h5-7,12,14H,8,18H2,1-4H3,(H,19,20);1H/t12-;/m1./s1. The van der Waals surface area contributed by atoms with Crippen molar-refractivity contribution in [1.29, 1.82) is 0 Å². The number of nitrogens with one attached hydrogen (secondary N) is 1. The first-order valence-corrected chi connectivity index (χ1v) is 6.69. The highest BCUT2D eigenvalue weighted by molar-refractivity contribution is 5.85. The molecule has 1 aromatic carbocycles. The van der Waals surface area contributed by atoms with Crippen molar-refractivity contribution in [3.05, 3.63) is 29.3 Å². The molecule has 0 heterocycles. The first kappa shape index (κ1) is 20.6. The fourth-order valence-corrected chi connectivity index (χ4v) is 1.74. The lowest BCUT2D eigenvalue weighted by atomic mass is 9.87. The van der Waals surface area contributed by atoms with E-state index in [1.54, 1.807) is 12.1 Å². The zero-order valence-electron chi connectivity index (χ0n) is 13.2. The number of hydrogen-bond acceptors (Lipinski definition) is 3. The van der Waals surface area contributed by atoms with Gasteiger partial charge in [-0.1, -0.05) is 38.5 Å². The third-order valence-electron chi connectivity index (χ3n) is 3.10. The Morgan fingerprint density at radius 3 is 2.45 bits per heavy atom. The molecule has 126 valence electrons. The number of carbonyl (C=O) groups excluding carboxylic acids is 1. The number of amides is 1. The Labute approximate surface area is 135 Å². The van der Waals surface area contributed by atoms with Crippen molar-refractivity contribution in [3.63, 3.8) is 0 Å². The van der Waals surface area contributed by atoms with Gasteiger partial charge in [0.2, 0.25) is 5.91 Å². The predicted molar refractivity (Wildman–Crippen MR) is 84.3 cm³/mol. The maximum atomic E-state index is 12.4. The molecule has 0 spiro atoms. The third kappa shape index (κ3) is 6.15. The lowest BCUT2D eigenvalue weighted by Gasteiger charge is -2.26. The van der Waals surface area contributed by atoms with E-state index in [4.69, 9.17) is 5.73 Å². The number of halogens is 3. The van der Waals surface area contributed by atoms with Crippen LogP contribution in [0.5, 0.6) is 5.75 Å². The SMILES string of the molecule is Cc1ccc(OC(F)F)c(CNC(=O)[C@@H](N)C(C)(C)C)c1.Cl. The second-order valence-corrected chi connectivity index (χ2v) is 6.05. The highest BCUT2D eigenvalue weighted by Gasteiger charge is 2.27. The van der Waals surface area contributed by atoms with Crippen molar-refractivity contribution in [3.8, 4) is 5.75 Å². The van der Waals surface area contributed by atoms with Crippen LogP contribution in [-0.4, -0.2) is 18.6 Å². The van der Waals surface area contributed by atoms with E-state index in [2.05, 4.69) is 10.1 Å². The lowest BCUT2D eigenvalue weighted by Crippen LogP contribution is -2.48. The maximum absolute atomic E-state index is 12.4. The molecule has 0 bridgehead atoms. The van der Waals surface area contributed by atoms with E-state index >= 15 is 0 Å². The summed E-state index contributed by atoms with van der Waals surface area (Å²) in [7, 11) is 0. The van der Waals surface area contributed by atoms with Crippen molar-refractivity contribution in [2.24, 2.45) is 11.1 Å². The Balaban J connectivity index is 0.00000441. The molecule has 1 atom stereocenters. The molecule has 22 heavy (non-hydrogen) atoms. The van der Waals surface area contributed by atoms with Crippen molar-refractivity contribution in [2.45, 2.75) is 46.9 Å². The van der Waals surface area contributed by atoms with Gasteiger partial charge in [-0.3, -0.25) is 4.79 Å². The van der Waals surface area contributed by atoms with Crippen LogP contribution in [0.25, 0.3) is 0 Å². The second-order valence-electron chi connectivity index (χ2n) is 6.05. The Morgan fingerprint density at radius 2 is 1.95 bits per heavy atom. The Hall–Kier alpha value is -1.40. The van der Waals surface area contributed by atoms with E-state index in [-0.39, 0.29) is 36.0 Å². The molecule has 7 heteroatoms. The van der Waals surface area contributed by atoms with E-state index in [0.717, 1.165) is 5.56 Å². The Kier molecular flexibility index (Phi) is 7.76. The number of ether oxygens (including phenoxy) is 1. The molecule has 0 fully saturated rings. The average molecular weight is 337 g/mol. The van der Waals surface area contributed by atoms with Crippen LogP contribution in [0.4, 0.5) is 8.78 Å². The normalized spacial score (nSPS) is 12.5. The monoisotopic (exact) mass is 336 g/mol. The number of alkyl halides is 2. The molecule has 0 aliphatic heterocycles. The van der Waals surface area contributed by atoms with Crippen LogP contribution in [0.15, 0.2) is 18.2 Å². The van der Waals surface area contributed by atoms with Crippen molar-refractivity contribution >= 4 is 18.3 Å². The molecule has 4 nitrogen and oxygen atoms in total. The molecule has 0 saturated carbocycles. The van der Waals surface area contributed by atoms with Gasteiger partial charge in [0.15, 0.2) is 0 Å². The fraction of sp³-hybridized carbons (Fsp3) is 0.533.